The molecule has 0 amide bonds. The SMILES string of the molecule is COc1cc2nc(NC3CCN(c4ccc(C#N)cn4)CC3)nc(NC3CC4(CCC4O)C3)c2cc1OC. The highest BCUT2D eigenvalue weighted by Gasteiger charge is 2.54. The molecule has 2 saturated carbocycles. The standard InChI is InChI=1S/C28H33N7O3/c1-37-22-11-20-21(12-23(22)38-2)33-27(34-26(20)31-19-13-28(14-19)8-5-24(28)36)32-18-6-9-35(10-7-18)25-4-3-17(15-29)16-30-25/h3-4,11-12,16,18-19,24,36H,5-10,13-14H2,1-2H3,(H2,31,32,33,34). The van der Waals surface area contributed by atoms with Gasteiger partial charge in [0.05, 0.1) is 31.4 Å². The number of aromatic nitrogens is 3. The Balaban J connectivity index is 1.20. The second kappa shape index (κ2) is 9.80. The van der Waals surface area contributed by atoms with E-state index in [4.69, 9.17) is 24.7 Å². The van der Waals surface area contributed by atoms with Crippen LogP contribution in [0.1, 0.15) is 44.1 Å². The largest absolute Gasteiger partial charge is 0.493 e. The number of anilines is 3. The number of rotatable bonds is 7. The number of ether oxygens (including phenoxy) is 2. The van der Waals surface area contributed by atoms with Crippen molar-refractivity contribution < 1.29 is 14.6 Å². The fourth-order valence-corrected chi connectivity index (χ4v) is 6.08. The number of hydrogen-bond acceptors (Lipinski definition) is 10. The second-order valence-electron chi connectivity index (χ2n) is 10.7. The van der Waals surface area contributed by atoms with E-state index >= 15 is 0 Å². The Kier molecular flexibility index (Phi) is 6.32. The quantitative estimate of drug-likeness (QED) is 0.428. The summed E-state index contributed by atoms with van der Waals surface area (Å²) in [5.74, 6) is 3.51. The van der Waals surface area contributed by atoms with Gasteiger partial charge in [-0.25, -0.2) is 9.97 Å². The summed E-state index contributed by atoms with van der Waals surface area (Å²) < 4.78 is 11.1. The summed E-state index contributed by atoms with van der Waals surface area (Å²) in [5.41, 5.74) is 1.44. The first-order valence-electron chi connectivity index (χ1n) is 13.3. The number of nitrogens with zero attached hydrogens (tertiary/aromatic N) is 5. The van der Waals surface area contributed by atoms with Crippen molar-refractivity contribution in [3.63, 3.8) is 0 Å². The van der Waals surface area contributed by atoms with Crippen LogP contribution in [0.3, 0.4) is 0 Å². The average molecular weight is 516 g/mol. The van der Waals surface area contributed by atoms with E-state index in [9.17, 15) is 5.11 Å². The lowest BCUT2D eigenvalue weighted by atomic mass is 9.52. The van der Waals surface area contributed by atoms with E-state index in [0.717, 1.165) is 74.2 Å². The third-order valence-electron chi connectivity index (χ3n) is 8.50. The number of benzene rings is 1. The van der Waals surface area contributed by atoms with Gasteiger partial charge in [0.25, 0.3) is 0 Å². The summed E-state index contributed by atoms with van der Waals surface area (Å²) in [6, 6.07) is 10.2. The van der Waals surface area contributed by atoms with Crippen LogP contribution in [0.2, 0.25) is 0 Å². The lowest BCUT2D eigenvalue weighted by Gasteiger charge is -2.57. The molecule has 10 heteroatoms. The van der Waals surface area contributed by atoms with Crippen molar-refractivity contribution in [1.82, 2.24) is 15.0 Å². The lowest BCUT2D eigenvalue weighted by molar-refractivity contribution is -0.121. The van der Waals surface area contributed by atoms with Crippen molar-refractivity contribution >= 4 is 28.5 Å². The van der Waals surface area contributed by atoms with E-state index < -0.39 is 0 Å². The van der Waals surface area contributed by atoms with Gasteiger partial charge >= 0.3 is 0 Å². The van der Waals surface area contributed by atoms with Gasteiger partial charge in [-0.1, -0.05) is 0 Å². The van der Waals surface area contributed by atoms with Gasteiger partial charge in [0.2, 0.25) is 5.95 Å². The minimum absolute atomic E-state index is 0.0975. The first-order valence-corrected chi connectivity index (χ1v) is 13.3. The highest BCUT2D eigenvalue weighted by Crippen LogP contribution is 2.56. The molecule has 1 atom stereocenters. The zero-order valence-electron chi connectivity index (χ0n) is 21.8. The minimum Gasteiger partial charge on any atom is -0.493 e. The second-order valence-corrected chi connectivity index (χ2v) is 10.7. The summed E-state index contributed by atoms with van der Waals surface area (Å²) in [7, 11) is 3.25. The number of fused-ring (bicyclic) bond motifs is 1. The van der Waals surface area contributed by atoms with Crippen LogP contribution in [0, 0.1) is 16.7 Å². The van der Waals surface area contributed by atoms with Crippen LogP contribution in [0.4, 0.5) is 17.6 Å². The molecule has 2 aromatic heterocycles. The lowest BCUT2D eigenvalue weighted by Crippen LogP contribution is -2.57. The van der Waals surface area contributed by atoms with Gasteiger partial charge in [-0.05, 0) is 56.7 Å². The predicted octanol–water partition coefficient (Wildman–Crippen LogP) is 3.71. The molecule has 2 aliphatic carbocycles. The van der Waals surface area contributed by atoms with Crippen molar-refractivity contribution in [2.45, 2.75) is 56.7 Å². The smallest absolute Gasteiger partial charge is 0.225 e. The Morgan fingerprint density at radius 2 is 1.79 bits per heavy atom. The topological polar surface area (TPSA) is 128 Å². The van der Waals surface area contributed by atoms with Gasteiger partial charge < -0.3 is 30.1 Å². The Morgan fingerprint density at radius 1 is 1.03 bits per heavy atom. The predicted molar refractivity (Wildman–Crippen MR) is 145 cm³/mol. The van der Waals surface area contributed by atoms with E-state index in [-0.39, 0.29) is 23.6 Å². The van der Waals surface area contributed by atoms with Gasteiger partial charge in [-0.15, -0.1) is 0 Å². The first kappa shape index (κ1) is 24.5. The van der Waals surface area contributed by atoms with Crippen LogP contribution < -0.4 is 25.0 Å². The molecule has 3 aliphatic rings. The number of aliphatic hydroxyl groups excluding tert-OH is 1. The highest BCUT2D eigenvalue weighted by atomic mass is 16.5. The van der Waals surface area contributed by atoms with Crippen molar-refractivity contribution in [1.29, 1.82) is 5.26 Å². The molecule has 1 aromatic carbocycles. The number of nitriles is 1. The van der Waals surface area contributed by atoms with E-state index in [2.05, 4.69) is 26.6 Å². The van der Waals surface area contributed by atoms with E-state index in [0.29, 0.717) is 23.0 Å². The molecule has 6 rings (SSSR count). The summed E-state index contributed by atoms with van der Waals surface area (Å²) >= 11 is 0. The molecular formula is C28H33N7O3. The van der Waals surface area contributed by atoms with Crippen molar-refractivity contribution in [2.24, 2.45) is 5.41 Å². The molecule has 1 aliphatic heterocycles. The van der Waals surface area contributed by atoms with Crippen LogP contribution in [0.25, 0.3) is 10.9 Å². The zero-order valence-corrected chi connectivity index (χ0v) is 21.8. The third-order valence-corrected chi connectivity index (χ3v) is 8.50. The Labute approximate surface area is 222 Å². The van der Waals surface area contributed by atoms with Crippen molar-refractivity contribution in [2.75, 3.05) is 42.8 Å². The monoisotopic (exact) mass is 515 g/mol. The minimum atomic E-state index is -0.172. The van der Waals surface area contributed by atoms with Crippen molar-refractivity contribution in [3.05, 3.63) is 36.0 Å². The van der Waals surface area contributed by atoms with Crippen LogP contribution in [0.5, 0.6) is 11.5 Å². The molecule has 3 fully saturated rings. The molecule has 38 heavy (non-hydrogen) atoms. The summed E-state index contributed by atoms with van der Waals surface area (Å²) in [6.07, 6.45) is 7.21. The van der Waals surface area contributed by atoms with Crippen LogP contribution >= 0.6 is 0 Å². The molecule has 1 saturated heterocycles. The molecule has 3 N–H and O–H groups in total. The highest BCUT2D eigenvalue weighted by molar-refractivity contribution is 5.93. The van der Waals surface area contributed by atoms with Gasteiger partial charge in [0.1, 0.15) is 17.7 Å². The Bertz CT molecular complexity index is 1360. The maximum absolute atomic E-state index is 10.2. The summed E-state index contributed by atoms with van der Waals surface area (Å²) in [6.45, 7) is 1.71. The summed E-state index contributed by atoms with van der Waals surface area (Å²) in [5, 5.41) is 27.3. The molecule has 0 bridgehead atoms. The number of hydrogen-bond donors (Lipinski definition) is 3. The van der Waals surface area contributed by atoms with Gasteiger partial charge in [-0.3, -0.25) is 0 Å². The molecule has 1 spiro atoms. The van der Waals surface area contributed by atoms with Gasteiger partial charge in [0, 0.05) is 48.2 Å². The normalized spacial score (nSPS) is 24.8. The van der Waals surface area contributed by atoms with Gasteiger partial charge in [-0.2, -0.15) is 10.2 Å². The Hall–Kier alpha value is -3.84. The number of nitrogens with one attached hydrogen (secondary N) is 2. The van der Waals surface area contributed by atoms with E-state index in [1.807, 2.05) is 24.3 Å². The average Bonchev–Trinajstić information content (AvgIpc) is 2.93. The molecule has 3 aromatic rings. The maximum atomic E-state index is 10.2. The number of aliphatic hydroxyl groups is 1. The number of pyridine rings is 1. The van der Waals surface area contributed by atoms with Gasteiger partial charge in [0.15, 0.2) is 11.5 Å². The molecule has 3 heterocycles. The van der Waals surface area contributed by atoms with E-state index in [1.165, 1.54) is 0 Å². The fourth-order valence-electron chi connectivity index (χ4n) is 6.08. The van der Waals surface area contributed by atoms with Crippen LogP contribution in [-0.2, 0) is 0 Å². The summed E-state index contributed by atoms with van der Waals surface area (Å²) in [4.78, 5) is 16.4. The van der Waals surface area contributed by atoms with Crippen LogP contribution in [-0.4, -0.2) is 65.6 Å². The first-order chi connectivity index (χ1) is 18.5. The number of methoxy groups -OCH3 is 2. The molecule has 10 nitrogen and oxygen atoms in total. The van der Waals surface area contributed by atoms with Crippen molar-refractivity contribution in [3.8, 4) is 17.6 Å². The molecule has 198 valence electrons. The number of piperidine rings is 1. The maximum Gasteiger partial charge on any atom is 0.225 e. The molecular weight excluding hydrogens is 482 g/mol. The Morgan fingerprint density at radius 3 is 2.39 bits per heavy atom. The third kappa shape index (κ3) is 4.41. The molecule has 1 unspecified atom stereocenters. The fraction of sp³-hybridized carbons (Fsp3) is 0.500. The zero-order chi connectivity index (χ0) is 26.3. The van der Waals surface area contributed by atoms with E-state index in [1.54, 1.807) is 20.4 Å². The van der Waals surface area contributed by atoms with Crippen LogP contribution in [0.15, 0.2) is 30.5 Å². The molecule has 0 radical (unpaired) electrons.